The number of aromatic nitrogens is 2. The maximum atomic E-state index is 13.1. The van der Waals surface area contributed by atoms with E-state index < -0.39 is 11.7 Å². The number of nitrogens with two attached hydrogens (primary N) is 1. The van der Waals surface area contributed by atoms with Gasteiger partial charge in [0.15, 0.2) is 0 Å². The zero-order chi connectivity index (χ0) is 24.1. The third-order valence-electron chi connectivity index (χ3n) is 4.97. The number of hydrogen-bond donors (Lipinski definition) is 1. The number of amides is 2. The molecule has 0 spiro atoms. The summed E-state index contributed by atoms with van der Waals surface area (Å²) < 4.78 is 10.7. The average Bonchev–Trinajstić information content (AvgIpc) is 2.63. The quantitative estimate of drug-likeness (QED) is 0.674. The molecule has 180 valence electrons. The highest BCUT2D eigenvalue weighted by molar-refractivity contribution is 5.69. The Morgan fingerprint density at radius 2 is 1.78 bits per heavy atom. The van der Waals surface area contributed by atoms with Gasteiger partial charge < -0.3 is 29.9 Å². The molecular formula is C22H38N6O4. The van der Waals surface area contributed by atoms with Crippen molar-refractivity contribution in [3.63, 3.8) is 0 Å². The number of rotatable bonds is 7. The summed E-state index contributed by atoms with van der Waals surface area (Å²) in [6.45, 7) is 12.8. The Kier molecular flexibility index (Phi) is 8.28. The van der Waals surface area contributed by atoms with Gasteiger partial charge in [-0.05, 0) is 39.8 Å². The number of nitrogens with zero attached hydrogens (tertiary/aromatic N) is 5. The number of primary amides is 1. The first-order chi connectivity index (χ1) is 14.8. The van der Waals surface area contributed by atoms with Gasteiger partial charge in [0.1, 0.15) is 12.2 Å². The summed E-state index contributed by atoms with van der Waals surface area (Å²) >= 11 is 0. The molecule has 1 aromatic heterocycles. The van der Waals surface area contributed by atoms with E-state index in [-0.39, 0.29) is 24.2 Å². The molecule has 2 N–H and O–H groups in total. The minimum Gasteiger partial charge on any atom is -0.445 e. The van der Waals surface area contributed by atoms with Gasteiger partial charge in [-0.25, -0.2) is 19.6 Å². The van der Waals surface area contributed by atoms with Crippen molar-refractivity contribution in [2.45, 2.75) is 59.3 Å². The highest BCUT2D eigenvalue weighted by Gasteiger charge is 2.36. The first kappa shape index (κ1) is 25.6. The van der Waals surface area contributed by atoms with Crippen molar-refractivity contribution in [3.8, 4) is 0 Å². The second-order valence-electron chi connectivity index (χ2n) is 10.4. The van der Waals surface area contributed by atoms with Crippen molar-refractivity contribution in [1.82, 2.24) is 19.8 Å². The largest absolute Gasteiger partial charge is 0.445 e. The van der Waals surface area contributed by atoms with Crippen LogP contribution in [0.4, 0.5) is 15.5 Å². The molecule has 2 rings (SSSR count). The molecule has 2 heterocycles. The van der Waals surface area contributed by atoms with E-state index in [4.69, 9.17) is 15.2 Å². The molecule has 32 heavy (non-hydrogen) atoms. The third kappa shape index (κ3) is 8.14. The van der Waals surface area contributed by atoms with Crippen LogP contribution in [-0.2, 0) is 16.1 Å². The molecule has 0 unspecified atom stereocenters. The summed E-state index contributed by atoms with van der Waals surface area (Å²) in [4.78, 5) is 38.6. The molecule has 10 heteroatoms. The topological polar surface area (TPSA) is 114 Å². The van der Waals surface area contributed by atoms with Crippen LogP contribution < -0.4 is 10.6 Å². The second kappa shape index (κ2) is 10.3. The minimum absolute atomic E-state index is 0.0306. The van der Waals surface area contributed by atoms with Gasteiger partial charge >= 0.3 is 12.2 Å². The molecule has 10 nitrogen and oxygen atoms in total. The van der Waals surface area contributed by atoms with E-state index in [9.17, 15) is 9.59 Å². The highest BCUT2D eigenvalue weighted by Crippen LogP contribution is 2.30. The zero-order valence-corrected chi connectivity index (χ0v) is 20.4. The maximum absolute atomic E-state index is 13.1. The van der Waals surface area contributed by atoms with Gasteiger partial charge in [0, 0.05) is 44.1 Å². The number of hydrogen-bond acceptors (Lipinski definition) is 8. The lowest BCUT2D eigenvalue weighted by Gasteiger charge is -2.43. The predicted octanol–water partition coefficient (Wildman–Crippen LogP) is 2.48. The van der Waals surface area contributed by atoms with Gasteiger partial charge in [0.05, 0.1) is 6.04 Å². The Labute approximate surface area is 191 Å². The monoisotopic (exact) mass is 450 g/mol. The van der Waals surface area contributed by atoms with Crippen LogP contribution in [0.3, 0.4) is 0 Å². The Bertz CT molecular complexity index is 776. The highest BCUT2D eigenvalue weighted by atomic mass is 16.6. The van der Waals surface area contributed by atoms with Crippen LogP contribution in [0.5, 0.6) is 0 Å². The van der Waals surface area contributed by atoms with Gasteiger partial charge in [0.2, 0.25) is 5.95 Å². The van der Waals surface area contributed by atoms with Crippen LogP contribution in [0.25, 0.3) is 0 Å². The molecule has 1 aliphatic rings. The summed E-state index contributed by atoms with van der Waals surface area (Å²) in [6, 6.07) is -0.0711. The Morgan fingerprint density at radius 3 is 2.31 bits per heavy atom. The molecule has 0 bridgehead atoms. The molecule has 1 aromatic rings. The van der Waals surface area contributed by atoms with Crippen molar-refractivity contribution in [2.75, 3.05) is 45.2 Å². The fraction of sp³-hybridized carbons (Fsp3) is 0.727. The van der Waals surface area contributed by atoms with Crippen molar-refractivity contribution >= 4 is 18.1 Å². The lowest BCUT2D eigenvalue weighted by atomic mass is 9.84. The van der Waals surface area contributed by atoms with Gasteiger partial charge in [-0.3, -0.25) is 0 Å². The number of ether oxygens (including phenoxy) is 2. The fourth-order valence-electron chi connectivity index (χ4n) is 4.20. The molecule has 0 saturated carbocycles. The summed E-state index contributed by atoms with van der Waals surface area (Å²) in [6.07, 6.45) is 2.87. The molecule has 1 atom stereocenters. The minimum atomic E-state index is -0.839. The predicted molar refractivity (Wildman–Crippen MR) is 122 cm³/mol. The molecule has 2 amide bonds. The smallest absolute Gasteiger partial charge is 0.410 e. The van der Waals surface area contributed by atoms with E-state index in [1.54, 1.807) is 12.4 Å². The maximum Gasteiger partial charge on any atom is 0.410 e. The van der Waals surface area contributed by atoms with Gasteiger partial charge in [-0.2, -0.15) is 0 Å². The molecule has 1 saturated heterocycles. The molecule has 1 fully saturated rings. The standard InChI is InChI=1S/C22H38N6O4/c1-21(2,3)15-22(4,5)32-20(30)28-9-8-27(13-17(28)12-26(6)7)19-24-10-16(11-25-19)14-31-18(23)29/h10-11,17H,8-9,12-15H2,1-7H3,(H2,23,29)/t17-/m0/s1. The Morgan fingerprint density at radius 1 is 1.16 bits per heavy atom. The third-order valence-corrected chi connectivity index (χ3v) is 4.97. The SMILES string of the molecule is CN(C)C[C@H]1CN(c2ncc(COC(N)=O)cn2)CCN1C(=O)OC(C)(C)CC(C)(C)C. The van der Waals surface area contributed by atoms with Crippen LogP contribution in [0.15, 0.2) is 12.4 Å². The summed E-state index contributed by atoms with van der Waals surface area (Å²) in [7, 11) is 3.96. The van der Waals surface area contributed by atoms with E-state index >= 15 is 0 Å². The number of likely N-dealkylation sites (N-methyl/N-ethyl adjacent to an activating group) is 1. The molecular weight excluding hydrogens is 412 g/mol. The van der Waals surface area contributed by atoms with Gasteiger partial charge in [-0.15, -0.1) is 0 Å². The van der Waals surface area contributed by atoms with Gasteiger partial charge in [-0.1, -0.05) is 20.8 Å². The number of carbonyl (C=O) groups is 2. The van der Waals surface area contributed by atoms with E-state index in [0.29, 0.717) is 37.7 Å². The van der Waals surface area contributed by atoms with Crippen LogP contribution in [0.2, 0.25) is 0 Å². The van der Waals surface area contributed by atoms with Crippen LogP contribution in [-0.4, -0.2) is 83.9 Å². The molecule has 0 aromatic carbocycles. The van der Waals surface area contributed by atoms with Crippen LogP contribution in [0.1, 0.15) is 46.6 Å². The second-order valence-corrected chi connectivity index (χ2v) is 10.4. The van der Waals surface area contributed by atoms with Crippen molar-refractivity contribution < 1.29 is 19.1 Å². The summed E-state index contributed by atoms with van der Waals surface area (Å²) in [5.74, 6) is 0.567. The lowest BCUT2D eigenvalue weighted by Crippen LogP contribution is -2.59. The van der Waals surface area contributed by atoms with Gasteiger partial charge in [0.25, 0.3) is 0 Å². The summed E-state index contributed by atoms with van der Waals surface area (Å²) in [5, 5.41) is 0. The average molecular weight is 451 g/mol. The van der Waals surface area contributed by atoms with E-state index in [2.05, 4.69) is 40.5 Å². The molecule has 1 aliphatic heterocycles. The van der Waals surface area contributed by atoms with E-state index in [0.717, 1.165) is 6.42 Å². The lowest BCUT2D eigenvalue weighted by molar-refractivity contribution is -0.0186. The zero-order valence-electron chi connectivity index (χ0n) is 20.4. The van der Waals surface area contributed by atoms with Crippen LogP contribution >= 0.6 is 0 Å². The Balaban J connectivity index is 2.07. The number of anilines is 1. The normalized spacial score (nSPS) is 17.4. The van der Waals surface area contributed by atoms with Crippen molar-refractivity contribution in [3.05, 3.63) is 18.0 Å². The number of carbonyl (C=O) groups excluding carboxylic acids is 2. The van der Waals surface area contributed by atoms with Crippen LogP contribution in [0, 0.1) is 5.41 Å². The first-order valence-electron chi connectivity index (χ1n) is 10.9. The first-order valence-corrected chi connectivity index (χ1v) is 10.9. The molecule has 0 aliphatic carbocycles. The van der Waals surface area contributed by atoms with E-state index in [1.165, 1.54) is 0 Å². The van der Waals surface area contributed by atoms with E-state index in [1.807, 2.05) is 32.8 Å². The molecule has 0 radical (unpaired) electrons. The summed E-state index contributed by atoms with van der Waals surface area (Å²) in [5.41, 5.74) is 5.14. The Hall–Kier alpha value is -2.62. The number of piperazine rings is 1. The van der Waals surface area contributed by atoms with Crippen molar-refractivity contribution in [2.24, 2.45) is 11.1 Å². The fourth-order valence-corrected chi connectivity index (χ4v) is 4.20. The van der Waals surface area contributed by atoms with Crippen molar-refractivity contribution in [1.29, 1.82) is 0 Å².